The number of amides is 1. The number of methoxy groups -OCH3 is 1. The van der Waals surface area contributed by atoms with Gasteiger partial charge in [-0.3, -0.25) is 4.79 Å². The highest BCUT2D eigenvalue weighted by Gasteiger charge is 2.29. The average Bonchev–Trinajstić information content (AvgIpc) is 2.47. The van der Waals surface area contributed by atoms with E-state index in [9.17, 15) is 4.79 Å². The van der Waals surface area contributed by atoms with Crippen molar-refractivity contribution in [3.8, 4) is 5.75 Å². The summed E-state index contributed by atoms with van der Waals surface area (Å²) in [6.07, 6.45) is -0.105. The van der Waals surface area contributed by atoms with Gasteiger partial charge in [-0.25, -0.2) is 0 Å². The van der Waals surface area contributed by atoms with Gasteiger partial charge in [0.05, 0.1) is 25.9 Å². The molecular formula is C15H23ClN2O3. The highest BCUT2D eigenvalue weighted by atomic mass is 35.5. The van der Waals surface area contributed by atoms with E-state index in [1.807, 2.05) is 38.1 Å². The molecule has 2 rings (SSSR count). The lowest BCUT2D eigenvalue weighted by Gasteiger charge is -2.30. The summed E-state index contributed by atoms with van der Waals surface area (Å²) in [6.45, 7) is 5.24. The summed E-state index contributed by atoms with van der Waals surface area (Å²) in [5.74, 6) is 0.781. The Morgan fingerprint density at radius 3 is 2.67 bits per heavy atom. The SMILES string of the molecule is COc1ccc(C(C)NC(=O)[C@H]2NCCO[C@@H]2C)cc1.Cl. The van der Waals surface area contributed by atoms with Gasteiger partial charge in [-0.1, -0.05) is 12.1 Å². The Labute approximate surface area is 131 Å². The molecule has 0 aliphatic carbocycles. The largest absolute Gasteiger partial charge is 0.497 e. The Hall–Kier alpha value is -1.30. The minimum atomic E-state index is -0.288. The molecule has 1 aromatic rings. The molecule has 1 aliphatic heterocycles. The zero-order chi connectivity index (χ0) is 14.5. The smallest absolute Gasteiger partial charge is 0.240 e. The first kappa shape index (κ1) is 17.8. The normalized spacial score (nSPS) is 22.8. The van der Waals surface area contributed by atoms with E-state index in [0.29, 0.717) is 13.2 Å². The number of ether oxygens (including phenoxy) is 2. The van der Waals surface area contributed by atoms with Crippen molar-refractivity contribution in [2.24, 2.45) is 0 Å². The highest BCUT2D eigenvalue weighted by molar-refractivity contribution is 5.85. The number of carbonyl (C=O) groups excluding carboxylic acids is 1. The molecule has 0 bridgehead atoms. The van der Waals surface area contributed by atoms with Crippen LogP contribution in [0.15, 0.2) is 24.3 Å². The summed E-state index contributed by atoms with van der Waals surface area (Å²) < 4.78 is 10.6. The molecule has 1 heterocycles. The van der Waals surface area contributed by atoms with Crippen molar-refractivity contribution in [1.82, 2.24) is 10.6 Å². The van der Waals surface area contributed by atoms with E-state index in [1.54, 1.807) is 7.11 Å². The van der Waals surface area contributed by atoms with Gasteiger partial charge in [0.1, 0.15) is 11.8 Å². The van der Waals surface area contributed by atoms with Gasteiger partial charge in [0.2, 0.25) is 5.91 Å². The standard InChI is InChI=1S/C15H22N2O3.ClH/c1-10(12-4-6-13(19-3)7-5-12)17-15(18)14-11(2)20-9-8-16-14;/h4-7,10-11,14,16H,8-9H2,1-3H3,(H,17,18);1H/t10?,11-,14+;/m1./s1. The topological polar surface area (TPSA) is 59.6 Å². The Morgan fingerprint density at radius 1 is 1.43 bits per heavy atom. The quantitative estimate of drug-likeness (QED) is 0.887. The molecule has 2 N–H and O–H groups in total. The number of hydrogen-bond acceptors (Lipinski definition) is 4. The van der Waals surface area contributed by atoms with E-state index in [4.69, 9.17) is 9.47 Å². The second-order valence-electron chi connectivity index (χ2n) is 5.01. The Morgan fingerprint density at radius 2 is 2.10 bits per heavy atom. The summed E-state index contributed by atoms with van der Waals surface area (Å²) in [4.78, 5) is 12.2. The van der Waals surface area contributed by atoms with E-state index < -0.39 is 0 Å². The molecule has 118 valence electrons. The molecule has 1 aliphatic rings. The van der Waals surface area contributed by atoms with Gasteiger partial charge in [0.25, 0.3) is 0 Å². The van der Waals surface area contributed by atoms with Gasteiger partial charge in [-0.2, -0.15) is 0 Å². The van der Waals surface area contributed by atoms with Gasteiger partial charge in [-0.05, 0) is 31.5 Å². The van der Waals surface area contributed by atoms with Crippen LogP contribution in [-0.4, -0.2) is 38.3 Å². The van der Waals surface area contributed by atoms with Crippen LogP contribution in [0.1, 0.15) is 25.5 Å². The third-order valence-corrected chi connectivity index (χ3v) is 3.57. The van der Waals surface area contributed by atoms with Gasteiger partial charge < -0.3 is 20.1 Å². The molecule has 5 nitrogen and oxygen atoms in total. The van der Waals surface area contributed by atoms with E-state index in [0.717, 1.165) is 11.3 Å². The molecule has 21 heavy (non-hydrogen) atoms. The minimum Gasteiger partial charge on any atom is -0.497 e. The third-order valence-electron chi connectivity index (χ3n) is 3.57. The lowest BCUT2D eigenvalue weighted by molar-refractivity contribution is -0.129. The van der Waals surface area contributed by atoms with Crippen molar-refractivity contribution in [2.45, 2.75) is 32.0 Å². The first-order chi connectivity index (χ1) is 9.61. The maximum absolute atomic E-state index is 12.2. The van der Waals surface area contributed by atoms with Crippen LogP contribution in [0, 0.1) is 0 Å². The molecular weight excluding hydrogens is 292 g/mol. The number of halogens is 1. The molecule has 0 aromatic heterocycles. The predicted molar refractivity (Wildman–Crippen MR) is 84.0 cm³/mol. The summed E-state index contributed by atoms with van der Waals surface area (Å²) in [5, 5.41) is 6.20. The highest BCUT2D eigenvalue weighted by Crippen LogP contribution is 2.17. The van der Waals surface area contributed by atoms with E-state index in [2.05, 4.69) is 10.6 Å². The monoisotopic (exact) mass is 314 g/mol. The van der Waals surface area contributed by atoms with Crippen LogP contribution in [0.3, 0.4) is 0 Å². The van der Waals surface area contributed by atoms with Crippen LogP contribution in [0.5, 0.6) is 5.75 Å². The van der Waals surface area contributed by atoms with Crippen molar-refractivity contribution in [2.75, 3.05) is 20.3 Å². The van der Waals surface area contributed by atoms with E-state index in [1.165, 1.54) is 0 Å². The van der Waals surface area contributed by atoms with Gasteiger partial charge in [-0.15, -0.1) is 12.4 Å². The number of benzene rings is 1. The second-order valence-corrected chi connectivity index (χ2v) is 5.01. The zero-order valence-corrected chi connectivity index (χ0v) is 13.4. The lowest BCUT2D eigenvalue weighted by atomic mass is 10.1. The maximum Gasteiger partial charge on any atom is 0.240 e. The van der Waals surface area contributed by atoms with Crippen LogP contribution in [0.25, 0.3) is 0 Å². The molecule has 0 saturated carbocycles. The van der Waals surface area contributed by atoms with Gasteiger partial charge in [0, 0.05) is 6.54 Å². The Balaban J connectivity index is 0.00000220. The van der Waals surface area contributed by atoms with Crippen LogP contribution in [-0.2, 0) is 9.53 Å². The van der Waals surface area contributed by atoms with Crippen molar-refractivity contribution in [3.63, 3.8) is 0 Å². The first-order valence-corrected chi connectivity index (χ1v) is 6.91. The molecule has 1 amide bonds. The second kappa shape index (κ2) is 8.22. The summed E-state index contributed by atoms with van der Waals surface area (Å²) in [7, 11) is 1.64. The molecule has 0 radical (unpaired) electrons. The summed E-state index contributed by atoms with van der Waals surface area (Å²) in [5.41, 5.74) is 1.04. The van der Waals surface area contributed by atoms with Crippen molar-refractivity contribution in [1.29, 1.82) is 0 Å². The first-order valence-electron chi connectivity index (χ1n) is 6.91. The number of morpholine rings is 1. The lowest BCUT2D eigenvalue weighted by Crippen LogP contribution is -2.55. The molecule has 1 aromatic carbocycles. The van der Waals surface area contributed by atoms with Gasteiger partial charge in [0.15, 0.2) is 0 Å². The molecule has 6 heteroatoms. The van der Waals surface area contributed by atoms with Crippen molar-refractivity contribution in [3.05, 3.63) is 29.8 Å². The average molecular weight is 315 g/mol. The van der Waals surface area contributed by atoms with Crippen LogP contribution < -0.4 is 15.4 Å². The molecule has 1 fully saturated rings. The van der Waals surface area contributed by atoms with Crippen LogP contribution >= 0.6 is 12.4 Å². The van der Waals surface area contributed by atoms with E-state index in [-0.39, 0.29) is 36.5 Å². The number of nitrogens with one attached hydrogen (secondary N) is 2. The fraction of sp³-hybridized carbons (Fsp3) is 0.533. The van der Waals surface area contributed by atoms with E-state index >= 15 is 0 Å². The van der Waals surface area contributed by atoms with Gasteiger partial charge >= 0.3 is 0 Å². The van der Waals surface area contributed by atoms with Crippen LogP contribution in [0.2, 0.25) is 0 Å². The molecule has 0 spiro atoms. The predicted octanol–water partition coefficient (Wildman–Crippen LogP) is 1.67. The van der Waals surface area contributed by atoms with Crippen molar-refractivity contribution < 1.29 is 14.3 Å². The summed E-state index contributed by atoms with van der Waals surface area (Å²) in [6, 6.07) is 7.36. The fourth-order valence-corrected chi connectivity index (χ4v) is 2.31. The van der Waals surface area contributed by atoms with Crippen LogP contribution in [0.4, 0.5) is 0 Å². The van der Waals surface area contributed by atoms with Crippen molar-refractivity contribution >= 4 is 18.3 Å². The zero-order valence-electron chi connectivity index (χ0n) is 12.6. The maximum atomic E-state index is 12.2. The third kappa shape index (κ3) is 4.59. The Kier molecular flexibility index (Phi) is 6.95. The Bertz CT molecular complexity index is 453. The minimum absolute atomic E-state index is 0. The molecule has 1 unspecified atom stereocenters. The molecule has 3 atom stereocenters. The summed E-state index contributed by atoms with van der Waals surface area (Å²) >= 11 is 0. The molecule has 1 saturated heterocycles. The number of rotatable bonds is 4. The fourth-order valence-electron chi connectivity index (χ4n) is 2.31. The number of carbonyl (C=O) groups is 1. The number of hydrogen-bond donors (Lipinski definition) is 2.